The summed E-state index contributed by atoms with van der Waals surface area (Å²) in [5.41, 5.74) is 5.13. The minimum atomic E-state index is -0.144. The Morgan fingerprint density at radius 3 is 2.46 bits per heavy atom. The van der Waals surface area contributed by atoms with Crippen LogP contribution in [0.1, 0.15) is 32.6 Å². The van der Waals surface area contributed by atoms with Crippen LogP contribution >= 0.6 is 0 Å². The number of nitriles is 1. The molecule has 1 N–H and O–H groups in total. The highest BCUT2D eigenvalue weighted by atomic mass is 16.1. The fourth-order valence-corrected chi connectivity index (χ4v) is 3.14. The van der Waals surface area contributed by atoms with Crippen molar-refractivity contribution < 1.29 is 4.79 Å². The molecule has 0 aromatic heterocycles. The van der Waals surface area contributed by atoms with Crippen molar-refractivity contribution in [3.05, 3.63) is 107 Å². The molecule has 0 bridgehead atoms. The lowest BCUT2D eigenvalue weighted by Gasteiger charge is -2.08. The minimum absolute atomic E-state index is 0.144. The number of hydrogen-bond donors (Lipinski definition) is 1. The Morgan fingerprint density at radius 1 is 1.00 bits per heavy atom. The molecule has 0 saturated carbocycles. The van der Waals surface area contributed by atoms with Crippen LogP contribution in [0.3, 0.4) is 0 Å². The van der Waals surface area contributed by atoms with Gasteiger partial charge in [-0.25, -0.2) is 4.99 Å². The van der Waals surface area contributed by atoms with E-state index in [1.54, 1.807) is 18.2 Å². The van der Waals surface area contributed by atoms with Gasteiger partial charge in [-0.3, -0.25) is 4.79 Å². The van der Waals surface area contributed by atoms with Crippen molar-refractivity contribution in [2.45, 2.75) is 6.92 Å². The lowest BCUT2D eigenvalue weighted by Crippen LogP contribution is -2.11. The highest BCUT2D eigenvalue weighted by molar-refractivity contribution is 6.20. The largest absolute Gasteiger partial charge is 0.340 e. The van der Waals surface area contributed by atoms with Crippen LogP contribution in [0.5, 0.6) is 0 Å². The molecule has 1 heterocycles. The molecule has 0 unspecified atom stereocenters. The van der Waals surface area contributed by atoms with Gasteiger partial charge < -0.3 is 5.32 Å². The van der Waals surface area contributed by atoms with Gasteiger partial charge in [0.05, 0.1) is 17.3 Å². The molecular formula is C24H17N3O. The topological polar surface area (TPSA) is 65.2 Å². The molecular weight excluding hydrogens is 346 g/mol. The van der Waals surface area contributed by atoms with E-state index in [-0.39, 0.29) is 5.78 Å². The predicted octanol–water partition coefficient (Wildman–Crippen LogP) is 4.96. The quantitative estimate of drug-likeness (QED) is 0.528. The van der Waals surface area contributed by atoms with Gasteiger partial charge in [-0.2, -0.15) is 5.26 Å². The number of nitrogens with one attached hydrogen (secondary N) is 1. The highest BCUT2D eigenvalue weighted by Gasteiger charge is 2.24. The van der Waals surface area contributed by atoms with Crippen molar-refractivity contribution in [1.29, 1.82) is 5.26 Å². The Labute approximate surface area is 163 Å². The Kier molecular flexibility index (Phi) is 4.57. The Balaban J connectivity index is 1.77. The number of rotatable bonds is 3. The summed E-state index contributed by atoms with van der Waals surface area (Å²) in [5, 5.41) is 12.9. The van der Waals surface area contributed by atoms with Crippen LogP contribution in [-0.2, 0) is 0 Å². The van der Waals surface area contributed by atoms with Gasteiger partial charge in [0.1, 0.15) is 5.84 Å². The number of anilines is 1. The maximum Gasteiger partial charge on any atom is 0.188 e. The number of ketones is 1. The zero-order valence-electron chi connectivity index (χ0n) is 15.3. The minimum Gasteiger partial charge on any atom is -0.340 e. The summed E-state index contributed by atoms with van der Waals surface area (Å²) in [5.74, 6) is 0.484. The summed E-state index contributed by atoms with van der Waals surface area (Å²) in [6.45, 7) is 2.03. The molecule has 4 heteroatoms. The van der Waals surface area contributed by atoms with E-state index in [1.165, 1.54) is 11.6 Å². The third kappa shape index (κ3) is 3.34. The van der Waals surface area contributed by atoms with Gasteiger partial charge in [0, 0.05) is 28.5 Å². The number of amidine groups is 1. The Bertz CT molecular complexity index is 1150. The third-order valence-corrected chi connectivity index (χ3v) is 4.57. The summed E-state index contributed by atoms with van der Waals surface area (Å²) in [7, 11) is 0. The standard InChI is InChI=1S/C24H17N3O/c1-16-10-12-19(13-11-16)26-24-20-9-5-8-18(15-25)23(20)21(27-24)14-22(28)17-6-3-2-4-7-17/h2-14H,1H3,(H,26,27)/b21-14+. The number of carbonyl (C=O) groups excluding carboxylic acids is 1. The van der Waals surface area contributed by atoms with E-state index in [9.17, 15) is 10.1 Å². The summed E-state index contributed by atoms with van der Waals surface area (Å²) < 4.78 is 0. The first-order valence-electron chi connectivity index (χ1n) is 8.93. The summed E-state index contributed by atoms with van der Waals surface area (Å²) in [6, 6.07) is 24.7. The Hall–Kier alpha value is -3.97. The Morgan fingerprint density at radius 2 is 1.75 bits per heavy atom. The van der Waals surface area contributed by atoms with E-state index in [0.717, 1.165) is 11.3 Å². The maximum absolute atomic E-state index is 12.7. The van der Waals surface area contributed by atoms with Gasteiger partial charge in [0.25, 0.3) is 0 Å². The van der Waals surface area contributed by atoms with Crippen molar-refractivity contribution in [3.63, 3.8) is 0 Å². The molecule has 0 radical (unpaired) electrons. The number of aryl methyl sites for hydroxylation is 1. The molecule has 0 fully saturated rings. The zero-order chi connectivity index (χ0) is 19.5. The highest BCUT2D eigenvalue weighted by Crippen LogP contribution is 2.32. The summed E-state index contributed by atoms with van der Waals surface area (Å²) in [4.78, 5) is 17.3. The number of allylic oxidation sites excluding steroid dienone is 1. The van der Waals surface area contributed by atoms with Crippen molar-refractivity contribution >= 4 is 23.0 Å². The first-order valence-corrected chi connectivity index (χ1v) is 8.93. The molecule has 1 aliphatic rings. The molecule has 3 aromatic rings. The van der Waals surface area contributed by atoms with Crippen LogP contribution in [0.2, 0.25) is 0 Å². The lowest BCUT2D eigenvalue weighted by molar-refractivity contribution is 0.104. The summed E-state index contributed by atoms with van der Waals surface area (Å²) >= 11 is 0. The normalized spacial score (nSPS) is 13.6. The molecule has 4 rings (SSSR count). The van der Waals surface area contributed by atoms with Crippen molar-refractivity contribution in [2.24, 2.45) is 4.99 Å². The molecule has 28 heavy (non-hydrogen) atoms. The smallest absolute Gasteiger partial charge is 0.188 e. The fourth-order valence-electron chi connectivity index (χ4n) is 3.14. The monoisotopic (exact) mass is 363 g/mol. The number of carbonyl (C=O) groups is 1. The van der Waals surface area contributed by atoms with Gasteiger partial charge >= 0.3 is 0 Å². The van der Waals surface area contributed by atoms with E-state index in [4.69, 9.17) is 0 Å². The molecule has 134 valence electrons. The number of hydrogen-bond acceptors (Lipinski definition) is 4. The van der Waals surface area contributed by atoms with E-state index < -0.39 is 0 Å². The van der Waals surface area contributed by atoms with Gasteiger partial charge in [0.2, 0.25) is 0 Å². The van der Waals surface area contributed by atoms with Crippen LogP contribution in [0.4, 0.5) is 5.69 Å². The van der Waals surface area contributed by atoms with E-state index >= 15 is 0 Å². The first kappa shape index (κ1) is 17.4. The SMILES string of the molecule is Cc1ccc(NC2=N/C(=C/C(=O)c3ccccc3)c3c(C#N)cccc32)cc1. The van der Waals surface area contributed by atoms with E-state index in [0.29, 0.717) is 28.2 Å². The molecule has 4 nitrogen and oxygen atoms in total. The maximum atomic E-state index is 12.7. The van der Waals surface area contributed by atoms with Gasteiger partial charge in [-0.1, -0.05) is 60.2 Å². The zero-order valence-corrected chi connectivity index (χ0v) is 15.3. The van der Waals surface area contributed by atoms with Gasteiger partial charge in [0.15, 0.2) is 5.78 Å². The first-order chi connectivity index (χ1) is 13.7. The third-order valence-electron chi connectivity index (χ3n) is 4.57. The van der Waals surface area contributed by atoms with E-state index in [2.05, 4.69) is 16.4 Å². The van der Waals surface area contributed by atoms with Crippen LogP contribution in [0, 0.1) is 18.3 Å². The van der Waals surface area contributed by atoms with Crippen LogP contribution in [0.15, 0.2) is 83.9 Å². The second kappa shape index (κ2) is 7.34. The summed E-state index contributed by atoms with van der Waals surface area (Å²) in [6.07, 6.45) is 1.50. The second-order valence-electron chi connectivity index (χ2n) is 6.55. The number of benzene rings is 3. The molecule has 0 saturated heterocycles. The molecule has 0 aliphatic carbocycles. The molecule has 0 spiro atoms. The number of aliphatic imine (C=N–C) groups is 1. The lowest BCUT2D eigenvalue weighted by atomic mass is 9.99. The molecule has 3 aromatic carbocycles. The van der Waals surface area contributed by atoms with Crippen molar-refractivity contribution in [3.8, 4) is 6.07 Å². The van der Waals surface area contributed by atoms with Crippen molar-refractivity contribution in [2.75, 3.05) is 5.32 Å². The van der Waals surface area contributed by atoms with Crippen LogP contribution in [0.25, 0.3) is 5.70 Å². The fraction of sp³-hybridized carbons (Fsp3) is 0.0417. The number of fused-ring (bicyclic) bond motifs is 1. The molecule has 1 aliphatic heterocycles. The van der Waals surface area contributed by atoms with Gasteiger partial charge in [-0.05, 0) is 25.1 Å². The number of nitrogens with zero attached hydrogens (tertiary/aromatic N) is 2. The van der Waals surface area contributed by atoms with Gasteiger partial charge in [-0.15, -0.1) is 0 Å². The predicted molar refractivity (Wildman–Crippen MR) is 111 cm³/mol. The molecule has 0 atom stereocenters. The average molecular weight is 363 g/mol. The van der Waals surface area contributed by atoms with Crippen LogP contribution in [-0.4, -0.2) is 11.6 Å². The molecule has 0 amide bonds. The van der Waals surface area contributed by atoms with Crippen LogP contribution < -0.4 is 5.32 Å². The van der Waals surface area contributed by atoms with Crippen molar-refractivity contribution in [1.82, 2.24) is 0 Å². The van der Waals surface area contributed by atoms with E-state index in [1.807, 2.05) is 61.5 Å². The average Bonchev–Trinajstić information content (AvgIpc) is 3.07. The second-order valence-corrected chi connectivity index (χ2v) is 6.55.